The summed E-state index contributed by atoms with van der Waals surface area (Å²) in [6.07, 6.45) is -3.58. The number of benzene rings is 2. The molecule has 152 valence electrons. The van der Waals surface area contributed by atoms with E-state index in [2.05, 4.69) is 10.2 Å². The Morgan fingerprint density at radius 3 is 2.39 bits per heavy atom. The SMILES string of the molecule is COc1cccc(C(c2ccccc2C(F)(F)F)N2CCCNCC2)c1OC. The summed E-state index contributed by atoms with van der Waals surface area (Å²) in [6, 6.07) is 10.5. The summed E-state index contributed by atoms with van der Waals surface area (Å²) in [5, 5.41) is 3.31. The topological polar surface area (TPSA) is 33.7 Å². The van der Waals surface area contributed by atoms with E-state index in [0.717, 1.165) is 25.6 Å². The van der Waals surface area contributed by atoms with Crippen LogP contribution in [0.2, 0.25) is 0 Å². The first-order valence-corrected chi connectivity index (χ1v) is 9.29. The molecule has 1 fully saturated rings. The lowest BCUT2D eigenvalue weighted by atomic mass is 9.91. The Hall–Kier alpha value is -2.25. The lowest BCUT2D eigenvalue weighted by Gasteiger charge is -2.34. The summed E-state index contributed by atoms with van der Waals surface area (Å²) in [5.74, 6) is 0.964. The van der Waals surface area contributed by atoms with Crippen LogP contribution in [0, 0.1) is 0 Å². The van der Waals surface area contributed by atoms with Crippen LogP contribution >= 0.6 is 0 Å². The predicted molar refractivity (Wildman–Crippen MR) is 102 cm³/mol. The van der Waals surface area contributed by atoms with Gasteiger partial charge in [-0.2, -0.15) is 13.2 Å². The zero-order valence-corrected chi connectivity index (χ0v) is 16.1. The van der Waals surface area contributed by atoms with Gasteiger partial charge < -0.3 is 14.8 Å². The Labute approximate surface area is 163 Å². The number of hydrogen-bond donors (Lipinski definition) is 1. The second-order valence-electron chi connectivity index (χ2n) is 6.71. The van der Waals surface area contributed by atoms with E-state index < -0.39 is 17.8 Å². The van der Waals surface area contributed by atoms with Gasteiger partial charge in [-0.3, -0.25) is 4.90 Å². The van der Waals surface area contributed by atoms with Crippen LogP contribution in [0.25, 0.3) is 0 Å². The Bertz CT molecular complexity index is 787. The van der Waals surface area contributed by atoms with Gasteiger partial charge in [-0.05, 0) is 30.7 Å². The lowest BCUT2D eigenvalue weighted by molar-refractivity contribution is -0.138. The highest BCUT2D eigenvalue weighted by Gasteiger charge is 2.38. The zero-order valence-electron chi connectivity index (χ0n) is 16.1. The van der Waals surface area contributed by atoms with E-state index in [4.69, 9.17) is 9.47 Å². The highest BCUT2D eigenvalue weighted by Crippen LogP contribution is 2.44. The first-order chi connectivity index (χ1) is 13.5. The van der Waals surface area contributed by atoms with E-state index >= 15 is 0 Å². The van der Waals surface area contributed by atoms with Gasteiger partial charge in [-0.1, -0.05) is 30.3 Å². The van der Waals surface area contributed by atoms with Gasteiger partial charge in [-0.25, -0.2) is 0 Å². The first kappa shape index (κ1) is 20.5. The Kier molecular flexibility index (Phi) is 6.46. The van der Waals surface area contributed by atoms with Gasteiger partial charge in [-0.15, -0.1) is 0 Å². The Morgan fingerprint density at radius 2 is 1.68 bits per heavy atom. The fraction of sp³-hybridized carbons (Fsp3) is 0.429. The van der Waals surface area contributed by atoms with Gasteiger partial charge in [0.1, 0.15) is 0 Å². The van der Waals surface area contributed by atoms with E-state index in [-0.39, 0.29) is 5.56 Å². The van der Waals surface area contributed by atoms with E-state index in [1.807, 2.05) is 6.07 Å². The number of hydrogen-bond acceptors (Lipinski definition) is 4. The van der Waals surface area contributed by atoms with Crippen LogP contribution in [0.5, 0.6) is 11.5 Å². The largest absolute Gasteiger partial charge is 0.493 e. The number of nitrogens with zero attached hydrogens (tertiary/aromatic N) is 1. The molecule has 1 atom stereocenters. The maximum Gasteiger partial charge on any atom is 0.416 e. The minimum Gasteiger partial charge on any atom is -0.493 e. The summed E-state index contributed by atoms with van der Waals surface area (Å²) < 4.78 is 52.4. The summed E-state index contributed by atoms with van der Waals surface area (Å²) >= 11 is 0. The van der Waals surface area contributed by atoms with Crippen LogP contribution in [0.15, 0.2) is 42.5 Å². The standard InChI is InChI=1S/C21H25F3N2O2/c1-27-18-10-5-8-16(20(18)28-2)19(26-13-6-11-25-12-14-26)15-7-3-4-9-17(15)21(22,23)24/h3-5,7-10,19,25H,6,11-14H2,1-2H3. The maximum absolute atomic E-state index is 13.8. The third-order valence-corrected chi connectivity index (χ3v) is 5.03. The van der Waals surface area contributed by atoms with Crippen molar-refractivity contribution in [2.45, 2.75) is 18.6 Å². The van der Waals surface area contributed by atoms with E-state index in [1.54, 1.807) is 24.3 Å². The van der Waals surface area contributed by atoms with Crippen molar-refractivity contribution in [3.63, 3.8) is 0 Å². The summed E-state index contributed by atoms with van der Waals surface area (Å²) in [6.45, 7) is 2.89. The van der Waals surface area contributed by atoms with Crippen LogP contribution in [0.4, 0.5) is 13.2 Å². The van der Waals surface area contributed by atoms with Crippen molar-refractivity contribution in [2.75, 3.05) is 40.4 Å². The summed E-state index contributed by atoms with van der Waals surface area (Å²) in [5.41, 5.74) is 0.269. The monoisotopic (exact) mass is 394 g/mol. The van der Waals surface area contributed by atoms with Crippen LogP contribution in [-0.4, -0.2) is 45.3 Å². The molecule has 0 amide bonds. The molecule has 7 heteroatoms. The molecular formula is C21H25F3N2O2. The third-order valence-electron chi connectivity index (χ3n) is 5.03. The minimum absolute atomic E-state index is 0.225. The molecule has 1 aliphatic rings. The summed E-state index contributed by atoms with van der Waals surface area (Å²) in [7, 11) is 3.04. The van der Waals surface area contributed by atoms with Gasteiger partial charge in [0.2, 0.25) is 0 Å². The van der Waals surface area contributed by atoms with E-state index in [9.17, 15) is 13.2 Å². The molecule has 1 heterocycles. The molecule has 1 unspecified atom stereocenters. The fourth-order valence-electron chi connectivity index (χ4n) is 3.81. The van der Waals surface area contributed by atoms with Gasteiger partial charge >= 0.3 is 6.18 Å². The van der Waals surface area contributed by atoms with Gasteiger partial charge in [0.05, 0.1) is 25.8 Å². The quantitative estimate of drug-likeness (QED) is 0.828. The average molecular weight is 394 g/mol. The first-order valence-electron chi connectivity index (χ1n) is 9.29. The summed E-state index contributed by atoms with van der Waals surface area (Å²) in [4.78, 5) is 2.09. The lowest BCUT2D eigenvalue weighted by Crippen LogP contribution is -2.34. The smallest absolute Gasteiger partial charge is 0.416 e. The predicted octanol–water partition coefficient (Wildman–Crippen LogP) is 4.11. The Balaban J connectivity index is 2.21. The molecule has 0 bridgehead atoms. The van der Waals surface area contributed by atoms with E-state index in [0.29, 0.717) is 30.2 Å². The van der Waals surface area contributed by atoms with Gasteiger partial charge in [0.15, 0.2) is 11.5 Å². The molecule has 0 aliphatic carbocycles. The maximum atomic E-state index is 13.8. The minimum atomic E-state index is -4.44. The number of ether oxygens (including phenoxy) is 2. The molecule has 2 aromatic carbocycles. The normalized spacial score (nSPS) is 17.0. The number of halogens is 3. The van der Waals surface area contributed by atoms with Crippen molar-refractivity contribution in [3.05, 3.63) is 59.2 Å². The molecule has 0 saturated carbocycles. The average Bonchev–Trinajstić information content (AvgIpc) is 2.97. The van der Waals surface area contributed by atoms with Crippen LogP contribution in [0.1, 0.15) is 29.2 Å². The zero-order chi connectivity index (χ0) is 20.1. The number of nitrogens with one attached hydrogen (secondary N) is 1. The number of rotatable bonds is 5. The van der Waals surface area contributed by atoms with E-state index in [1.165, 1.54) is 20.3 Å². The van der Waals surface area contributed by atoms with Gasteiger partial charge in [0.25, 0.3) is 0 Å². The van der Waals surface area contributed by atoms with Crippen molar-refractivity contribution in [1.82, 2.24) is 10.2 Å². The highest BCUT2D eigenvalue weighted by molar-refractivity contribution is 5.52. The molecule has 0 spiro atoms. The fourth-order valence-corrected chi connectivity index (χ4v) is 3.81. The van der Waals surface area contributed by atoms with Crippen molar-refractivity contribution in [1.29, 1.82) is 0 Å². The molecule has 28 heavy (non-hydrogen) atoms. The molecule has 4 nitrogen and oxygen atoms in total. The third kappa shape index (κ3) is 4.25. The van der Waals surface area contributed by atoms with Crippen molar-refractivity contribution >= 4 is 0 Å². The van der Waals surface area contributed by atoms with Crippen molar-refractivity contribution in [2.24, 2.45) is 0 Å². The van der Waals surface area contributed by atoms with Gasteiger partial charge in [0, 0.05) is 25.2 Å². The molecular weight excluding hydrogens is 369 g/mol. The number of methoxy groups -OCH3 is 2. The van der Waals surface area contributed by atoms with Crippen molar-refractivity contribution < 1.29 is 22.6 Å². The number of alkyl halides is 3. The Morgan fingerprint density at radius 1 is 0.929 bits per heavy atom. The van der Waals surface area contributed by atoms with Crippen LogP contribution < -0.4 is 14.8 Å². The van der Waals surface area contributed by atoms with Crippen LogP contribution in [0.3, 0.4) is 0 Å². The number of para-hydroxylation sites is 1. The van der Waals surface area contributed by atoms with Crippen molar-refractivity contribution in [3.8, 4) is 11.5 Å². The molecule has 0 radical (unpaired) electrons. The molecule has 2 aromatic rings. The molecule has 1 aliphatic heterocycles. The molecule has 0 aromatic heterocycles. The molecule has 1 saturated heterocycles. The molecule has 1 N–H and O–H groups in total. The highest BCUT2D eigenvalue weighted by atomic mass is 19.4. The van der Waals surface area contributed by atoms with Crippen LogP contribution in [-0.2, 0) is 6.18 Å². The molecule has 3 rings (SSSR count). The second kappa shape index (κ2) is 8.84. The second-order valence-corrected chi connectivity index (χ2v) is 6.71.